The van der Waals surface area contributed by atoms with Crippen LogP contribution in [0.25, 0.3) is 0 Å². The van der Waals surface area contributed by atoms with Gasteiger partial charge >= 0.3 is 29.0 Å². The van der Waals surface area contributed by atoms with Crippen LogP contribution in [-0.2, 0) is 14.3 Å². The molecule has 0 heterocycles. The van der Waals surface area contributed by atoms with Crippen LogP contribution < -0.4 is 5.11 Å². The molecule has 0 saturated heterocycles. The van der Waals surface area contributed by atoms with Crippen LogP contribution in [-0.4, -0.2) is 41.6 Å². The number of carboxylic acids is 1. The molecule has 0 fully saturated rings. The molecule has 4 nitrogen and oxygen atoms in total. The van der Waals surface area contributed by atoms with E-state index in [1.165, 1.54) is 89.9 Å². The van der Waals surface area contributed by atoms with Crippen LogP contribution in [0.15, 0.2) is 12.2 Å². The van der Waals surface area contributed by atoms with Crippen LogP contribution in [0.5, 0.6) is 0 Å². The molecule has 0 aliphatic carbocycles. The van der Waals surface area contributed by atoms with Gasteiger partial charge in [-0.15, -0.1) is 0 Å². The van der Waals surface area contributed by atoms with Gasteiger partial charge in [-0.05, 0) is 12.5 Å². The van der Waals surface area contributed by atoms with Crippen LogP contribution >= 0.6 is 0 Å². The zero-order valence-electron chi connectivity index (χ0n) is 17.5. The molecule has 0 bridgehead atoms. The van der Waals surface area contributed by atoms with Crippen molar-refractivity contribution in [3.63, 3.8) is 0 Å². The molecule has 27 heavy (non-hydrogen) atoms. The average Bonchev–Trinajstić information content (AvgIpc) is 2.62. The molecule has 0 spiro atoms. The Bertz CT molecular complexity index is 369. The summed E-state index contributed by atoms with van der Waals surface area (Å²) in [5.41, 5.74) is 0. The van der Waals surface area contributed by atoms with E-state index in [1.807, 2.05) is 0 Å². The molecule has 5 heteroatoms. The first kappa shape index (κ1) is 28.7. The van der Waals surface area contributed by atoms with Crippen molar-refractivity contribution in [3.8, 4) is 0 Å². The number of carbonyl (C=O) groups is 2. The average molecular weight is 392 g/mol. The molecule has 0 aromatic heterocycles. The second-order valence-electron chi connectivity index (χ2n) is 7.12. The van der Waals surface area contributed by atoms with Gasteiger partial charge in [-0.1, -0.05) is 103 Å². The molecular weight excluding hydrogens is 353 g/mol. The van der Waals surface area contributed by atoms with E-state index in [-0.39, 0.29) is 23.1 Å². The molecule has 0 aliphatic heterocycles. The molecule has 0 N–H and O–H groups in total. The molecule has 0 unspecified atom stereocenters. The second-order valence-corrected chi connectivity index (χ2v) is 7.12. The van der Waals surface area contributed by atoms with Gasteiger partial charge < -0.3 is 14.6 Å². The smallest absolute Gasteiger partial charge is 0.545 e. The van der Waals surface area contributed by atoms with Crippen molar-refractivity contribution in [2.45, 2.75) is 110 Å². The van der Waals surface area contributed by atoms with Crippen LogP contribution in [0.4, 0.5) is 0 Å². The van der Waals surface area contributed by atoms with E-state index in [0.29, 0.717) is 12.7 Å². The zero-order valence-corrected chi connectivity index (χ0v) is 18.9. The molecule has 152 valence electrons. The fourth-order valence-corrected chi connectivity index (χ4v) is 3.01. The minimum absolute atomic E-state index is 0. The monoisotopic (exact) mass is 391 g/mol. The van der Waals surface area contributed by atoms with E-state index in [4.69, 9.17) is 4.74 Å². The molecule has 0 aliphatic rings. The number of unbranched alkanes of at least 4 members (excludes halogenated alkanes) is 15. The topological polar surface area (TPSA) is 66.4 Å². The number of esters is 1. The number of ether oxygens (including phenoxy) is 1. The number of hydrogen-bond acceptors (Lipinski definition) is 4. The minimum atomic E-state index is -1.38. The Morgan fingerprint density at radius 1 is 0.667 bits per heavy atom. The first-order valence-corrected chi connectivity index (χ1v) is 10.7. The van der Waals surface area contributed by atoms with Gasteiger partial charge in [-0.25, -0.2) is 4.79 Å². The van der Waals surface area contributed by atoms with Gasteiger partial charge in [-0.2, -0.15) is 0 Å². The third-order valence-electron chi connectivity index (χ3n) is 4.60. The third-order valence-corrected chi connectivity index (χ3v) is 4.60. The van der Waals surface area contributed by atoms with E-state index in [1.54, 1.807) is 0 Å². The van der Waals surface area contributed by atoms with Gasteiger partial charge in [0.1, 0.15) is 0 Å². The quantitative estimate of drug-likeness (QED) is 0.138. The largest absolute Gasteiger partial charge is 2.00 e. The summed E-state index contributed by atoms with van der Waals surface area (Å²) in [4.78, 5) is 21.2. The Morgan fingerprint density at radius 3 is 1.41 bits per heavy atom. The van der Waals surface area contributed by atoms with Gasteiger partial charge in [0.15, 0.2) is 0 Å². The molecule has 0 aromatic carbocycles. The first-order chi connectivity index (χ1) is 12.7. The second kappa shape index (κ2) is 23.5. The molecule has 0 amide bonds. The van der Waals surface area contributed by atoms with Crippen LogP contribution in [0.3, 0.4) is 0 Å². The number of carbonyl (C=O) groups excluding carboxylic acids is 2. The number of rotatable bonds is 19. The Kier molecular flexibility index (Phi) is 24.9. The minimum Gasteiger partial charge on any atom is -0.545 e. The predicted molar refractivity (Wildman–Crippen MR) is 110 cm³/mol. The summed E-state index contributed by atoms with van der Waals surface area (Å²) >= 11 is 0. The molecule has 0 atom stereocenters. The summed E-state index contributed by atoms with van der Waals surface area (Å²) in [6.07, 6.45) is 22.4. The van der Waals surface area contributed by atoms with Gasteiger partial charge in [0.2, 0.25) is 0 Å². The van der Waals surface area contributed by atoms with Crippen molar-refractivity contribution < 1.29 is 19.4 Å². The normalized spacial score (nSPS) is 10.7. The molecular formula is C22H39MgO4+. The summed E-state index contributed by atoms with van der Waals surface area (Å²) in [5, 5.41) is 10.1. The van der Waals surface area contributed by atoms with Gasteiger partial charge in [0.05, 0.1) is 12.6 Å². The third kappa shape index (κ3) is 25.4. The van der Waals surface area contributed by atoms with E-state index >= 15 is 0 Å². The van der Waals surface area contributed by atoms with Gasteiger partial charge in [-0.3, -0.25) is 0 Å². The number of hydrogen-bond donors (Lipinski definition) is 0. The fourth-order valence-electron chi connectivity index (χ4n) is 3.01. The fraction of sp³-hybridized carbons (Fsp3) is 0.818. The summed E-state index contributed by atoms with van der Waals surface area (Å²) < 4.78 is 4.89. The summed E-state index contributed by atoms with van der Waals surface area (Å²) in [6, 6.07) is 0. The van der Waals surface area contributed by atoms with Gasteiger partial charge in [0, 0.05) is 6.08 Å². The summed E-state index contributed by atoms with van der Waals surface area (Å²) in [7, 11) is 0. The maximum atomic E-state index is 11.1. The molecule has 0 radical (unpaired) electrons. The zero-order chi connectivity index (χ0) is 19.3. The Labute approximate surface area is 182 Å². The molecule has 0 rings (SSSR count). The van der Waals surface area contributed by atoms with Crippen molar-refractivity contribution in [2.75, 3.05) is 6.61 Å². The van der Waals surface area contributed by atoms with Crippen LogP contribution in [0.1, 0.15) is 110 Å². The van der Waals surface area contributed by atoms with Crippen LogP contribution in [0.2, 0.25) is 0 Å². The van der Waals surface area contributed by atoms with Crippen molar-refractivity contribution in [1.29, 1.82) is 0 Å². The Hall–Kier alpha value is -0.554. The molecule has 0 saturated carbocycles. The van der Waals surface area contributed by atoms with E-state index in [9.17, 15) is 14.7 Å². The Balaban J connectivity index is 0. The molecule has 0 aromatic rings. The van der Waals surface area contributed by atoms with E-state index in [0.717, 1.165) is 18.9 Å². The van der Waals surface area contributed by atoms with Crippen molar-refractivity contribution in [3.05, 3.63) is 12.2 Å². The number of carboxylic acid groups (broad SMARTS) is 1. The summed E-state index contributed by atoms with van der Waals surface area (Å²) in [6.45, 7) is 2.62. The van der Waals surface area contributed by atoms with Crippen molar-refractivity contribution in [2.24, 2.45) is 0 Å². The maximum absolute atomic E-state index is 11.1. The SMILES string of the molecule is CCCCCCCCCCCCCCCCCCOC(=O)/C=C/C(=O)[O-].[Mg+2]. The van der Waals surface area contributed by atoms with Crippen LogP contribution in [0, 0.1) is 0 Å². The summed E-state index contributed by atoms with van der Waals surface area (Å²) in [5.74, 6) is -2.00. The van der Waals surface area contributed by atoms with E-state index < -0.39 is 11.9 Å². The van der Waals surface area contributed by atoms with E-state index in [2.05, 4.69) is 6.92 Å². The van der Waals surface area contributed by atoms with Crippen molar-refractivity contribution >= 4 is 35.0 Å². The maximum Gasteiger partial charge on any atom is 2.00 e. The van der Waals surface area contributed by atoms with Crippen molar-refractivity contribution in [1.82, 2.24) is 0 Å². The van der Waals surface area contributed by atoms with Gasteiger partial charge in [0.25, 0.3) is 0 Å². The Morgan fingerprint density at radius 2 is 1.04 bits per heavy atom. The number of aliphatic carboxylic acids is 1. The standard InChI is InChI=1S/C22H40O4.Mg/c1-2-3-4-5-6-7-8-9-10-11-12-13-14-15-16-17-20-26-22(25)19-18-21(23)24;/h18-19H,2-17,20H2,1H3,(H,23,24);/q;+2/p-1/b19-18+;. The predicted octanol–water partition coefficient (Wildman–Crippen LogP) is 4.72. The first-order valence-electron chi connectivity index (χ1n) is 10.7.